The lowest BCUT2D eigenvalue weighted by Crippen LogP contribution is -2.17. The molecule has 1 nitrogen and oxygen atoms in total. The number of thiophene rings is 1. The van der Waals surface area contributed by atoms with E-state index in [9.17, 15) is 4.79 Å². The number of rotatable bonds is 4. The minimum absolute atomic E-state index is 0.0484. The van der Waals surface area contributed by atoms with Crippen molar-refractivity contribution in [3.63, 3.8) is 0 Å². The zero-order valence-corrected chi connectivity index (χ0v) is 16.5. The molecule has 0 amide bonds. The van der Waals surface area contributed by atoms with E-state index in [1.165, 1.54) is 25.4 Å². The minimum Gasteiger partial charge on any atom is -0.289 e. The van der Waals surface area contributed by atoms with Crippen molar-refractivity contribution in [1.82, 2.24) is 0 Å². The van der Waals surface area contributed by atoms with Crippen LogP contribution < -0.4 is 9.75 Å². The number of carbonyl (C=O) groups is 1. The molecule has 4 rings (SSSR count). The number of allylic oxidation sites excluding steroid dienone is 1. The molecule has 0 aliphatic rings. The Morgan fingerprint density at radius 2 is 1.61 bits per heavy atom. The van der Waals surface area contributed by atoms with Gasteiger partial charge in [-0.15, -0.1) is 11.3 Å². The summed E-state index contributed by atoms with van der Waals surface area (Å²) < 4.78 is 2.50. The molecule has 28 heavy (non-hydrogen) atoms. The molecule has 0 saturated heterocycles. The molecular weight excluding hydrogens is 360 g/mol. The van der Waals surface area contributed by atoms with Gasteiger partial charge in [-0.05, 0) is 23.3 Å². The van der Waals surface area contributed by atoms with Gasteiger partial charge in [-0.25, -0.2) is 0 Å². The van der Waals surface area contributed by atoms with E-state index in [0.717, 1.165) is 5.56 Å². The second kappa shape index (κ2) is 7.79. The fourth-order valence-corrected chi connectivity index (χ4v) is 4.66. The normalized spacial score (nSPS) is 12.5. The van der Waals surface area contributed by atoms with Crippen molar-refractivity contribution in [1.29, 1.82) is 0 Å². The van der Waals surface area contributed by atoms with Gasteiger partial charge in [0.15, 0.2) is 5.78 Å². The van der Waals surface area contributed by atoms with E-state index in [0.29, 0.717) is 11.1 Å². The summed E-state index contributed by atoms with van der Waals surface area (Å²) in [5, 5.41) is 2.45. The minimum atomic E-state index is 0.0484. The van der Waals surface area contributed by atoms with Gasteiger partial charge in [0.2, 0.25) is 0 Å². The van der Waals surface area contributed by atoms with Crippen LogP contribution in [-0.2, 0) is 0 Å². The molecule has 136 valence electrons. The maximum Gasteiger partial charge on any atom is 0.193 e. The van der Waals surface area contributed by atoms with Gasteiger partial charge in [-0.2, -0.15) is 0 Å². The molecular formula is C26H20OS. The summed E-state index contributed by atoms with van der Waals surface area (Å²) in [6.45, 7) is 5.92. The first-order chi connectivity index (χ1) is 13.7. The van der Waals surface area contributed by atoms with Gasteiger partial charge >= 0.3 is 0 Å². The summed E-state index contributed by atoms with van der Waals surface area (Å²) in [5.74, 6) is 0.0484. The van der Waals surface area contributed by atoms with Gasteiger partial charge < -0.3 is 0 Å². The van der Waals surface area contributed by atoms with Gasteiger partial charge in [-0.1, -0.05) is 97.6 Å². The first-order valence-electron chi connectivity index (χ1n) is 9.23. The van der Waals surface area contributed by atoms with Crippen LogP contribution in [0.4, 0.5) is 0 Å². The highest BCUT2D eigenvalue weighted by Gasteiger charge is 2.11. The van der Waals surface area contributed by atoms with E-state index in [4.69, 9.17) is 0 Å². The molecule has 1 heterocycles. The van der Waals surface area contributed by atoms with Crippen LogP contribution >= 0.6 is 11.3 Å². The highest BCUT2D eigenvalue weighted by molar-refractivity contribution is 7.17. The van der Waals surface area contributed by atoms with Gasteiger partial charge in [-0.3, -0.25) is 4.79 Å². The van der Waals surface area contributed by atoms with Crippen LogP contribution in [0.3, 0.4) is 0 Å². The van der Waals surface area contributed by atoms with Crippen LogP contribution in [0.2, 0.25) is 0 Å². The summed E-state index contributed by atoms with van der Waals surface area (Å²) in [5.41, 5.74) is 3.72. The van der Waals surface area contributed by atoms with Crippen LogP contribution in [0.1, 0.15) is 22.8 Å². The summed E-state index contributed by atoms with van der Waals surface area (Å²) in [7, 11) is 0. The van der Waals surface area contributed by atoms with Crippen molar-refractivity contribution >= 4 is 39.4 Å². The van der Waals surface area contributed by atoms with Crippen molar-refractivity contribution in [3.8, 4) is 11.1 Å². The fraction of sp³-hybridized carbons (Fsp3) is 0.0385. The molecule has 1 aromatic heterocycles. The van der Waals surface area contributed by atoms with Crippen LogP contribution in [0.15, 0.2) is 85.5 Å². The predicted octanol–water partition coefficient (Wildman–Crippen LogP) is 5.57. The number of fused-ring (bicyclic) bond motifs is 1. The van der Waals surface area contributed by atoms with Gasteiger partial charge in [0.25, 0.3) is 0 Å². The third-order valence-corrected chi connectivity index (χ3v) is 6.14. The largest absolute Gasteiger partial charge is 0.289 e. The summed E-state index contributed by atoms with van der Waals surface area (Å²) >= 11 is 1.79. The lowest BCUT2D eigenvalue weighted by Gasteiger charge is -2.06. The predicted molar refractivity (Wildman–Crippen MR) is 121 cm³/mol. The molecule has 0 aliphatic heterocycles. The number of hydrogen-bond acceptors (Lipinski definition) is 2. The Kier molecular flexibility index (Phi) is 5.05. The molecule has 0 saturated carbocycles. The van der Waals surface area contributed by atoms with E-state index in [1.807, 2.05) is 60.7 Å². The summed E-state index contributed by atoms with van der Waals surface area (Å²) in [6, 6.07) is 23.7. The van der Waals surface area contributed by atoms with Crippen LogP contribution in [0, 0.1) is 0 Å². The molecule has 0 N–H and O–H groups in total. The summed E-state index contributed by atoms with van der Waals surface area (Å²) in [6.07, 6.45) is 6.05. The van der Waals surface area contributed by atoms with Crippen molar-refractivity contribution < 1.29 is 4.79 Å². The molecule has 4 aromatic rings. The van der Waals surface area contributed by atoms with E-state index >= 15 is 0 Å². The van der Waals surface area contributed by atoms with E-state index in [2.05, 4.69) is 43.9 Å². The standard InChI is InChI=1S/C26H20OS/c1-3-9-22-23-13-8-12-21(26(23)28-24(22)4-2)18-14-16-20(17-15-18)25(27)19-10-6-5-7-11-19/h3-17H,1H2,2H3/b22-9-,24-4+. The topological polar surface area (TPSA) is 17.1 Å². The second-order valence-corrected chi connectivity index (χ2v) is 7.58. The van der Waals surface area contributed by atoms with Crippen LogP contribution in [0.5, 0.6) is 0 Å². The van der Waals surface area contributed by atoms with E-state index in [-0.39, 0.29) is 5.78 Å². The van der Waals surface area contributed by atoms with Gasteiger partial charge in [0.05, 0.1) is 0 Å². The molecule has 0 bridgehead atoms. The van der Waals surface area contributed by atoms with Gasteiger partial charge in [0.1, 0.15) is 0 Å². The van der Waals surface area contributed by atoms with Crippen molar-refractivity contribution in [2.45, 2.75) is 6.92 Å². The van der Waals surface area contributed by atoms with Crippen LogP contribution in [-0.4, -0.2) is 5.78 Å². The number of hydrogen-bond donors (Lipinski definition) is 0. The van der Waals surface area contributed by atoms with Crippen molar-refractivity contribution in [2.24, 2.45) is 0 Å². The molecule has 0 fully saturated rings. The first kappa shape index (κ1) is 18.1. The molecule has 0 unspecified atom stereocenters. The SMILES string of the molecule is C=C/C=c1\c(=C/C)sc2c(-c3ccc(C(=O)c4ccccc4)cc3)cccc12. The Labute approximate surface area is 168 Å². The monoisotopic (exact) mass is 380 g/mol. The van der Waals surface area contributed by atoms with Crippen LogP contribution in [0.25, 0.3) is 33.4 Å². The zero-order valence-electron chi connectivity index (χ0n) is 15.7. The Hall–Kier alpha value is -3.23. The maximum atomic E-state index is 12.6. The van der Waals surface area contributed by atoms with Gasteiger partial charge in [0, 0.05) is 25.7 Å². The first-order valence-corrected chi connectivity index (χ1v) is 10.1. The molecule has 0 spiro atoms. The zero-order chi connectivity index (χ0) is 19.5. The highest BCUT2D eigenvalue weighted by Crippen LogP contribution is 2.29. The third kappa shape index (κ3) is 3.23. The molecule has 2 heteroatoms. The average molecular weight is 381 g/mol. The Balaban J connectivity index is 1.80. The number of carbonyl (C=O) groups excluding carboxylic acids is 1. The Bertz CT molecular complexity index is 1280. The quantitative estimate of drug-likeness (QED) is 0.423. The molecule has 3 aromatic carbocycles. The second-order valence-electron chi connectivity index (χ2n) is 6.53. The molecule has 0 radical (unpaired) electrons. The lowest BCUT2D eigenvalue weighted by atomic mass is 9.98. The molecule has 0 atom stereocenters. The van der Waals surface area contributed by atoms with E-state index in [1.54, 1.807) is 11.3 Å². The average Bonchev–Trinajstić information content (AvgIpc) is 3.12. The number of ketones is 1. The third-order valence-electron chi connectivity index (χ3n) is 4.82. The van der Waals surface area contributed by atoms with Crippen molar-refractivity contribution in [3.05, 3.63) is 106 Å². The Morgan fingerprint density at radius 1 is 0.893 bits per heavy atom. The number of benzene rings is 3. The summed E-state index contributed by atoms with van der Waals surface area (Å²) in [4.78, 5) is 12.6. The molecule has 0 aliphatic carbocycles. The van der Waals surface area contributed by atoms with Crippen molar-refractivity contribution in [2.75, 3.05) is 0 Å². The Morgan fingerprint density at radius 3 is 2.29 bits per heavy atom. The highest BCUT2D eigenvalue weighted by atomic mass is 32.1. The maximum absolute atomic E-state index is 12.6. The van der Waals surface area contributed by atoms with E-state index < -0.39 is 0 Å². The fourth-order valence-electron chi connectivity index (χ4n) is 3.45. The smallest absolute Gasteiger partial charge is 0.193 e. The lowest BCUT2D eigenvalue weighted by molar-refractivity contribution is 0.103.